The Balaban J connectivity index is 1.77. The largest absolute Gasteiger partial charge is 0.467 e. The number of carbonyl (C=O) groups excluding carboxylic acids is 1. The monoisotopic (exact) mass is 314 g/mol. The van der Waals surface area contributed by atoms with E-state index in [1.54, 1.807) is 19.3 Å². The number of aliphatic hydroxyl groups is 1. The molecule has 0 saturated heterocycles. The summed E-state index contributed by atoms with van der Waals surface area (Å²) in [7, 11) is 0. The highest BCUT2D eigenvalue weighted by atomic mass is 16.3. The number of benzene rings is 1. The number of fused-ring (bicyclic) bond motifs is 1. The highest BCUT2D eigenvalue weighted by molar-refractivity contribution is 5.95. The standard InChI is InChI=1S/C18H22N2O3/c1-12-9-14-5-3-4-6-16(14)20(12)11-17-15(7-8-23-17)18(22)19-10-13(2)21/h3-8,12-13,21H,9-11H2,1-2H3,(H,19,22). The van der Waals surface area contributed by atoms with Crippen LogP contribution in [0.15, 0.2) is 41.0 Å². The lowest BCUT2D eigenvalue weighted by atomic mass is 10.1. The van der Waals surface area contributed by atoms with Crippen molar-refractivity contribution in [3.8, 4) is 0 Å². The van der Waals surface area contributed by atoms with Crippen molar-refractivity contribution in [3.05, 3.63) is 53.5 Å². The minimum Gasteiger partial charge on any atom is -0.467 e. The van der Waals surface area contributed by atoms with Crippen LogP contribution >= 0.6 is 0 Å². The van der Waals surface area contributed by atoms with Crippen molar-refractivity contribution in [1.82, 2.24) is 5.32 Å². The van der Waals surface area contributed by atoms with E-state index in [0.717, 1.165) is 6.42 Å². The van der Waals surface area contributed by atoms with Crippen LogP contribution in [0.1, 0.15) is 35.5 Å². The molecule has 0 fully saturated rings. The van der Waals surface area contributed by atoms with Gasteiger partial charge in [-0.05, 0) is 38.0 Å². The van der Waals surface area contributed by atoms with Crippen LogP contribution < -0.4 is 10.2 Å². The van der Waals surface area contributed by atoms with Crippen LogP contribution in [-0.4, -0.2) is 29.7 Å². The van der Waals surface area contributed by atoms with Gasteiger partial charge in [-0.25, -0.2) is 0 Å². The van der Waals surface area contributed by atoms with Crippen molar-refractivity contribution in [1.29, 1.82) is 0 Å². The smallest absolute Gasteiger partial charge is 0.254 e. The summed E-state index contributed by atoms with van der Waals surface area (Å²) in [6.45, 7) is 4.60. The van der Waals surface area contributed by atoms with Crippen molar-refractivity contribution < 1.29 is 14.3 Å². The van der Waals surface area contributed by atoms with Gasteiger partial charge >= 0.3 is 0 Å². The highest BCUT2D eigenvalue weighted by Crippen LogP contribution is 2.33. The molecule has 0 saturated carbocycles. The van der Waals surface area contributed by atoms with E-state index in [9.17, 15) is 9.90 Å². The normalized spacial score (nSPS) is 17.9. The van der Waals surface area contributed by atoms with Gasteiger partial charge in [-0.1, -0.05) is 18.2 Å². The zero-order chi connectivity index (χ0) is 16.4. The molecule has 0 bridgehead atoms. The van der Waals surface area contributed by atoms with Crippen molar-refractivity contribution >= 4 is 11.6 Å². The summed E-state index contributed by atoms with van der Waals surface area (Å²) in [6, 6.07) is 10.4. The fraction of sp³-hybridized carbons (Fsp3) is 0.389. The van der Waals surface area contributed by atoms with Crippen LogP contribution in [0.5, 0.6) is 0 Å². The van der Waals surface area contributed by atoms with Gasteiger partial charge in [-0.15, -0.1) is 0 Å². The molecule has 5 heteroatoms. The zero-order valence-corrected chi connectivity index (χ0v) is 13.5. The lowest BCUT2D eigenvalue weighted by Crippen LogP contribution is -2.32. The van der Waals surface area contributed by atoms with E-state index in [-0.39, 0.29) is 12.5 Å². The number of amides is 1. The summed E-state index contributed by atoms with van der Waals surface area (Å²) < 4.78 is 5.55. The number of hydrogen-bond acceptors (Lipinski definition) is 4. The Labute approximate surface area is 135 Å². The third kappa shape index (κ3) is 3.24. The average molecular weight is 314 g/mol. The third-order valence-corrected chi connectivity index (χ3v) is 4.21. The number of nitrogens with one attached hydrogen (secondary N) is 1. The number of nitrogens with zero attached hydrogens (tertiary/aromatic N) is 1. The number of rotatable bonds is 5. The first-order valence-corrected chi connectivity index (χ1v) is 7.93. The third-order valence-electron chi connectivity index (χ3n) is 4.21. The van der Waals surface area contributed by atoms with E-state index >= 15 is 0 Å². The second kappa shape index (κ2) is 6.46. The molecule has 1 aromatic carbocycles. The van der Waals surface area contributed by atoms with Gasteiger partial charge in [-0.3, -0.25) is 4.79 Å². The molecule has 2 N–H and O–H groups in total. The van der Waals surface area contributed by atoms with Crippen LogP contribution in [0.2, 0.25) is 0 Å². The number of aliphatic hydroxyl groups excluding tert-OH is 1. The molecule has 1 amide bonds. The average Bonchev–Trinajstić information content (AvgIpc) is 3.10. The van der Waals surface area contributed by atoms with Crippen molar-refractivity contribution in [2.45, 2.75) is 39.0 Å². The maximum Gasteiger partial charge on any atom is 0.254 e. The first kappa shape index (κ1) is 15.6. The SMILES string of the molecule is CC(O)CNC(=O)c1ccoc1CN1c2ccccc2CC1C. The number of carbonyl (C=O) groups is 1. The molecule has 5 nitrogen and oxygen atoms in total. The molecular weight excluding hydrogens is 292 g/mol. The fourth-order valence-corrected chi connectivity index (χ4v) is 3.03. The summed E-state index contributed by atoms with van der Waals surface area (Å²) in [5.41, 5.74) is 3.06. The number of hydrogen-bond donors (Lipinski definition) is 2. The van der Waals surface area contributed by atoms with Gasteiger partial charge < -0.3 is 19.7 Å². The summed E-state index contributed by atoms with van der Waals surface area (Å²) in [4.78, 5) is 14.5. The Bertz CT molecular complexity index is 693. The molecule has 0 radical (unpaired) electrons. The molecule has 122 valence electrons. The van der Waals surface area contributed by atoms with Crippen LogP contribution in [0.3, 0.4) is 0 Å². The molecule has 0 spiro atoms. The zero-order valence-electron chi connectivity index (χ0n) is 13.5. The second-order valence-corrected chi connectivity index (χ2v) is 6.13. The molecule has 3 rings (SSSR count). The number of para-hydroxylation sites is 1. The molecule has 2 unspecified atom stereocenters. The van der Waals surface area contributed by atoms with E-state index in [0.29, 0.717) is 23.9 Å². The Kier molecular flexibility index (Phi) is 4.39. The number of anilines is 1. The van der Waals surface area contributed by atoms with Crippen LogP contribution in [0.4, 0.5) is 5.69 Å². The number of furan rings is 1. The molecule has 23 heavy (non-hydrogen) atoms. The quantitative estimate of drug-likeness (QED) is 0.889. The first-order valence-electron chi connectivity index (χ1n) is 7.93. The van der Waals surface area contributed by atoms with Gasteiger partial charge in [0.25, 0.3) is 5.91 Å². The van der Waals surface area contributed by atoms with E-state index in [1.165, 1.54) is 11.3 Å². The Morgan fingerprint density at radius 1 is 1.43 bits per heavy atom. The predicted octanol–water partition coefficient (Wildman–Crippen LogP) is 2.34. The second-order valence-electron chi connectivity index (χ2n) is 6.13. The van der Waals surface area contributed by atoms with Gasteiger partial charge in [-0.2, -0.15) is 0 Å². The topological polar surface area (TPSA) is 65.7 Å². The van der Waals surface area contributed by atoms with Gasteiger partial charge in [0.1, 0.15) is 5.76 Å². The Morgan fingerprint density at radius 3 is 3.00 bits per heavy atom. The Morgan fingerprint density at radius 2 is 2.22 bits per heavy atom. The van der Waals surface area contributed by atoms with Gasteiger partial charge in [0, 0.05) is 18.3 Å². The molecular formula is C18H22N2O3. The Hall–Kier alpha value is -2.27. The van der Waals surface area contributed by atoms with E-state index < -0.39 is 6.10 Å². The summed E-state index contributed by atoms with van der Waals surface area (Å²) in [5, 5.41) is 12.0. The van der Waals surface area contributed by atoms with Gasteiger partial charge in [0.2, 0.25) is 0 Å². The van der Waals surface area contributed by atoms with E-state index in [1.807, 2.05) is 6.07 Å². The highest BCUT2D eigenvalue weighted by Gasteiger charge is 2.27. The molecule has 1 aliphatic heterocycles. The fourth-order valence-electron chi connectivity index (χ4n) is 3.03. The molecule has 2 atom stereocenters. The lowest BCUT2D eigenvalue weighted by molar-refractivity contribution is 0.0922. The van der Waals surface area contributed by atoms with Crippen molar-refractivity contribution in [2.75, 3.05) is 11.4 Å². The molecule has 0 aliphatic carbocycles. The minimum absolute atomic E-state index is 0.213. The van der Waals surface area contributed by atoms with E-state index in [4.69, 9.17) is 4.42 Å². The summed E-state index contributed by atoms with van der Waals surface area (Å²) in [6.07, 6.45) is 1.97. The first-order chi connectivity index (χ1) is 11.1. The van der Waals surface area contributed by atoms with Crippen LogP contribution in [0.25, 0.3) is 0 Å². The predicted molar refractivity (Wildman–Crippen MR) is 88.5 cm³/mol. The minimum atomic E-state index is -0.570. The van der Waals surface area contributed by atoms with Crippen LogP contribution in [-0.2, 0) is 13.0 Å². The van der Waals surface area contributed by atoms with Crippen molar-refractivity contribution in [2.24, 2.45) is 0 Å². The molecule has 1 aliphatic rings. The molecule has 1 aromatic heterocycles. The van der Waals surface area contributed by atoms with Crippen molar-refractivity contribution in [3.63, 3.8) is 0 Å². The van der Waals surface area contributed by atoms with Gasteiger partial charge in [0.15, 0.2) is 0 Å². The lowest BCUT2D eigenvalue weighted by Gasteiger charge is -2.24. The maximum atomic E-state index is 12.2. The molecule has 2 heterocycles. The van der Waals surface area contributed by atoms with E-state index in [2.05, 4.69) is 35.3 Å². The summed E-state index contributed by atoms with van der Waals surface area (Å²) in [5.74, 6) is 0.437. The van der Waals surface area contributed by atoms with Gasteiger partial charge in [0.05, 0.1) is 24.5 Å². The molecule has 2 aromatic rings. The summed E-state index contributed by atoms with van der Waals surface area (Å²) >= 11 is 0. The van der Waals surface area contributed by atoms with Crippen LogP contribution in [0, 0.1) is 0 Å². The maximum absolute atomic E-state index is 12.2.